The van der Waals surface area contributed by atoms with Gasteiger partial charge < -0.3 is 5.73 Å². The van der Waals surface area contributed by atoms with E-state index in [2.05, 4.69) is 9.97 Å². The lowest BCUT2D eigenvalue weighted by atomic mass is 10.2. The smallest absolute Gasteiger partial charge is 0.360 e. The molecule has 2 heterocycles. The summed E-state index contributed by atoms with van der Waals surface area (Å²) in [7, 11) is 0. The molecule has 0 bridgehead atoms. The number of pyridine rings is 1. The molecule has 0 aliphatic rings. The van der Waals surface area contributed by atoms with Crippen molar-refractivity contribution in [2.75, 3.05) is 5.73 Å². The van der Waals surface area contributed by atoms with Crippen molar-refractivity contribution in [1.82, 2.24) is 12.7 Å². The van der Waals surface area contributed by atoms with E-state index in [1.165, 1.54) is 15.8 Å². The van der Waals surface area contributed by atoms with Crippen LogP contribution >= 0.6 is 22.9 Å². The number of halogens is 2. The van der Waals surface area contributed by atoms with E-state index in [0.717, 1.165) is 0 Å². The van der Waals surface area contributed by atoms with Gasteiger partial charge in [-0.25, -0.2) is 16.9 Å². The minimum absolute atomic E-state index is 0.00526. The van der Waals surface area contributed by atoms with Gasteiger partial charge in [0.05, 0.1) is 33.9 Å². The second kappa shape index (κ2) is 3.40. The highest BCUT2D eigenvalue weighted by Gasteiger charge is 2.10. The Bertz CT molecular complexity index is 610. The highest BCUT2D eigenvalue weighted by atomic mass is 127. The summed E-state index contributed by atoms with van der Waals surface area (Å²) in [6.45, 7) is 1.52. The Morgan fingerprint density at radius 3 is 2.87 bits per heavy atom. The molecule has 0 radical (unpaired) electrons. The highest BCUT2D eigenvalue weighted by Crippen LogP contribution is 2.19. The monoisotopic (exact) mass is 320 g/mol. The van der Waals surface area contributed by atoms with Gasteiger partial charge in [-0.05, 0) is 13.0 Å². The van der Waals surface area contributed by atoms with Crippen LogP contribution in [0.1, 0.15) is 5.69 Å². The maximum atomic E-state index is 13.2. The van der Waals surface area contributed by atoms with Crippen LogP contribution < -0.4 is 11.4 Å². The van der Waals surface area contributed by atoms with Crippen molar-refractivity contribution in [3.8, 4) is 0 Å². The van der Waals surface area contributed by atoms with Crippen molar-refractivity contribution in [3.63, 3.8) is 0 Å². The minimum atomic E-state index is -0.515. The Kier molecular flexibility index (Phi) is 2.33. The van der Waals surface area contributed by atoms with Gasteiger partial charge in [-0.15, -0.1) is 0 Å². The standard InChI is InChI=1S/C8H6FIN4O/c1-3-5(9)2-4-6(11)13-8(15)14(10)7(4)12-3/h2H,1H3,(H2,11,13,15). The molecule has 5 nitrogen and oxygen atoms in total. The first-order valence-corrected chi connectivity index (χ1v) is 4.98. The van der Waals surface area contributed by atoms with Gasteiger partial charge in [0.15, 0.2) is 5.65 Å². The van der Waals surface area contributed by atoms with Crippen molar-refractivity contribution >= 4 is 39.7 Å². The second-order valence-electron chi connectivity index (χ2n) is 2.99. The van der Waals surface area contributed by atoms with Crippen LogP contribution in [-0.4, -0.2) is 12.7 Å². The Morgan fingerprint density at radius 1 is 1.53 bits per heavy atom. The SMILES string of the molecule is Cc1nc2c(cc1F)c(N)nc(=O)n2I. The molecule has 0 aliphatic carbocycles. The molecule has 0 atom stereocenters. The fourth-order valence-electron chi connectivity index (χ4n) is 1.20. The number of nitrogens with zero attached hydrogens (tertiary/aromatic N) is 3. The third-order valence-corrected chi connectivity index (χ3v) is 2.85. The summed E-state index contributed by atoms with van der Waals surface area (Å²) in [5, 5.41) is 0.340. The summed E-state index contributed by atoms with van der Waals surface area (Å²) in [5.41, 5.74) is 5.54. The van der Waals surface area contributed by atoms with Crippen molar-refractivity contribution in [2.45, 2.75) is 6.92 Å². The van der Waals surface area contributed by atoms with Crippen LogP contribution in [-0.2, 0) is 0 Å². The molecule has 2 aromatic heterocycles. The van der Waals surface area contributed by atoms with E-state index in [1.807, 2.05) is 0 Å². The van der Waals surface area contributed by atoms with Gasteiger partial charge in [-0.2, -0.15) is 4.98 Å². The number of rotatable bonds is 0. The van der Waals surface area contributed by atoms with Crippen molar-refractivity contribution in [2.24, 2.45) is 0 Å². The van der Waals surface area contributed by atoms with Gasteiger partial charge in [0.25, 0.3) is 0 Å². The van der Waals surface area contributed by atoms with Gasteiger partial charge in [0.1, 0.15) is 11.6 Å². The van der Waals surface area contributed by atoms with Gasteiger partial charge >= 0.3 is 5.69 Å². The number of fused-ring (bicyclic) bond motifs is 1. The summed E-state index contributed by atoms with van der Waals surface area (Å²) in [6.07, 6.45) is 0. The number of nitrogens with two attached hydrogens (primary N) is 1. The Labute approximate surface area is 97.6 Å². The molecule has 15 heavy (non-hydrogen) atoms. The van der Waals surface area contributed by atoms with E-state index >= 15 is 0 Å². The normalized spacial score (nSPS) is 10.9. The van der Waals surface area contributed by atoms with E-state index in [-0.39, 0.29) is 11.5 Å². The zero-order valence-electron chi connectivity index (χ0n) is 7.66. The molecule has 0 amide bonds. The second-order valence-corrected chi connectivity index (χ2v) is 3.95. The van der Waals surface area contributed by atoms with Crippen LogP contribution in [0.25, 0.3) is 11.0 Å². The van der Waals surface area contributed by atoms with Crippen LogP contribution in [0.15, 0.2) is 10.9 Å². The first-order chi connectivity index (χ1) is 7.00. The number of aryl methyl sites for hydroxylation is 1. The van der Waals surface area contributed by atoms with E-state index < -0.39 is 11.5 Å². The molecule has 0 fully saturated rings. The minimum Gasteiger partial charge on any atom is -0.383 e. The molecule has 0 aromatic carbocycles. The number of aromatic nitrogens is 3. The summed E-state index contributed by atoms with van der Waals surface area (Å²) < 4.78 is 14.4. The van der Waals surface area contributed by atoms with Crippen molar-refractivity contribution in [1.29, 1.82) is 0 Å². The van der Waals surface area contributed by atoms with E-state index in [0.29, 0.717) is 11.0 Å². The lowest BCUT2D eigenvalue weighted by Gasteiger charge is -2.05. The van der Waals surface area contributed by atoms with E-state index in [9.17, 15) is 9.18 Å². The molecule has 7 heteroatoms. The summed E-state index contributed by atoms with van der Waals surface area (Å²) in [4.78, 5) is 18.8. The topological polar surface area (TPSA) is 73.8 Å². The number of hydrogen-bond acceptors (Lipinski definition) is 4. The van der Waals surface area contributed by atoms with E-state index in [4.69, 9.17) is 5.73 Å². The van der Waals surface area contributed by atoms with Crippen molar-refractivity contribution in [3.05, 3.63) is 28.1 Å². The largest absolute Gasteiger partial charge is 0.383 e. The predicted molar refractivity (Wildman–Crippen MR) is 62.3 cm³/mol. The molecule has 78 valence electrons. The fourth-order valence-corrected chi connectivity index (χ4v) is 1.68. The highest BCUT2D eigenvalue weighted by molar-refractivity contribution is 14.1. The first-order valence-electron chi connectivity index (χ1n) is 4.02. The molecule has 2 rings (SSSR count). The van der Waals surface area contributed by atoms with Crippen molar-refractivity contribution < 1.29 is 4.39 Å². The first kappa shape index (κ1) is 10.3. The Hall–Kier alpha value is -1.25. The Morgan fingerprint density at radius 2 is 2.20 bits per heavy atom. The molecular weight excluding hydrogens is 314 g/mol. The predicted octanol–water partition coefficient (Wildman–Crippen LogP) is 1.02. The summed E-state index contributed by atoms with van der Waals surface area (Å²) in [5.74, 6) is -0.472. The van der Waals surface area contributed by atoms with E-state index in [1.54, 1.807) is 22.9 Å². The molecule has 0 unspecified atom stereocenters. The maximum absolute atomic E-state index is 13.2. The number of nitrogen functional groups attached to an aromatic ring is 1. The molecule has 0 aliphatic heterocycles. The molecule has 0 saturated heterocycles. The lowest BCUT2D eigenvalue weighted by Crippen LogP contribution is -2.19. The molecule has 0 saturated carbocycles. The van der Waals surface area contributed by atoms with Gasteiger partial charge in [-0.3, -0.25) is 0 Å². The van der Waals surface area contributed by atoms with Crippen LogP contribution in [0, 0.1) is 12.7 Å². The van der Waals surface area contributed by atoms with Crippen LogP contribution in [0.5, 0.6) is 0 Å². The van der Waals surface area contributed by atoms with Crippen LogP contribution in [0.4, 0.5) is 10.2 Å². The fraction of sp³-hybridized carbons (Fsp3) is 0.125. The molecule has 0 spiro atoms. The summed E-state index contributed by atoms with van der Waals surface area (Å²) in [6, 6.07) is 1.23. The number of anilines is 1. The molecular formula is C8H6FIN4O. The third-order valence-electron chi connectivity index (χ3n) is 1.98. The number of hydrogen-bond donors (Lipinski definition) is 1. The van der Waals surface area contributed by atoms with Crippen LogP contribution in [0.3, 0.4) is 0 Å². The zero-order valence-corrected chi connectivity index (χ0v) is 9.82. The third kappa shape index (κ3) is 1.56. The molecule has 2 N–H and O–H groups in total. The average Bonchev–Trinajstić information content (AvgIpc) is 2.18. The zero-order chi connectivity index (χ0) is 11.2. The van der Waals surface area contributed by atoms with Gasteiger partial charge in [0.2, 0.25) is 0 Å². The molecule has 2 aromatic rings. The summed E-state index contributed by atoms with van der Waals surface area (Å²) >= 11 is 1.75. The quantitative estimate of drug-likeness (QED) is 0.736. The van der Waals surface area contributed by atoms with Crippen LogP contribution in [0.2, 0.25) is 0 Å². The van der Waals surface area contributed by atoms with Gasteiger partial charge in [0, 0.05) is 0 Å². The van der Waals surface area contributed by atoms with Gasteiger partial charge in [-0.1, -0.05) is 0 Å². The lowest BCUT2D eigenvalue weighted by molar-refractivity contribution is 0.612. The maximum Gasteiger partial charge on any atom is 0.360 e. The average molecular weight is 320 g/mol. The Balaban J connectivity index is 3.04.